The lowest BCUT2D eigenvalue weighted by molar-refractivity contribution is 0.178. The van der Waals surface area contributed by atoms with Crippen molar-refractivity contribution in [3.63, 3.8) is 0 Å². The van der Waals surface area contributed by atoms with Crippen LogP contribution in [-0.4, -0.2) is 51.5 Å². The van der Waals surface area contributed by atoms with E-state index in [1.807, 2.05) is 18.2 Å². The fourth-order valence-electron chi connectivity index (χ4n) is 4.81. The molecule has 2 unspecified atom stereocenters. The molecule has 0 spiro atoms. The Balaban J connectivity index is 1.50. The molecule has 3 heterocycles. The Morgan fingerprint density at radius 3 is 2.55 bits per heavy atom. The maximum atomic E-state index is 13.0. The van der Waals surface area contributed by atoms with Crippen LogP contribution in [0.25, 0.3) is 10.9 Å². The van der Waals surface area contributed by atoms with Gasteiger partial charge in [0.05, 0.1) is 21.0 Å². The molecule has 0 radical (unpaired) electrons. The molecular formula is C23H25N3O2S. The summed E-state index contributed by atoms with van der Waals surface area (Å²) in [5.41, 5.74) is 2.00. The van der Waals surface area contributed by atoms with Gasteiger partial charge in [0.1, 0.15) is 0 Å². The smallest absolute Gasteiger partial charge is 0.208 e. The lowest BCUT2D eigenvalue weighted by Gasteiger charge is -2.31. The van der Waals surface area contributed by atoms with Crippen LogP contribution in [-0.2, 0) is 9.84 Å². The second-order valence-electron chi connectivity index (χ2n) is 8.31. The molecule has 0 saturated carbocycles. The van der Waals surface area contributed by atoms with E-state index >= 15 is 0 Å². The summed E-state index contributed by atoms with van der Waals surface area (Å²) in [4.78, 5) is 10.0. The number of pyridine rings is 1. The third kappa shape index (κ3) is 3.30. The van der Waals surface area contributed by atoms with E-state index in [0.29, 0.717) is 10.8 Å². The molecule has 0 amide bonds. The van der Waals surface area contributed by atoms with Gasteiger partial charge in [0.25, 0.3) is 0 Å². The van der Waals surface area contributed by atoms with Crippen molar-refractivity contribution in [2.24, 2.45) is 11.8 Å². The number of para-hydroxylation sites is 1. The molecule has 1 aromatic heterocycles. The first kappa shape index (κ1) is 18.6. The van der Waals surface area contributed by atoms with Crippen LogP contribution in [0.5, 0.6) is 0 Å². The molecule has 5 rings (SSSR count). The first-order chi connectivity index (χ1) is 14.0. The van der Waals surface area contributed by atoms with Gasteiger partial charge < -0.3 is 9.80 Å². The fraction of sp³-hybridized carbons (Fsp3) is 0.348. The van der Waals surface area contributed by atoms with Gasteiger partial charge >= 0.3 is 0 Å². The predicted molar refractivity (Wildman–Crippen MR) is 115 cm³/mol. The van der Waals surface area contributed by atoms with Gasteiger partial charge in [-0.25, -0.2) is 8.42 Å². The largest absolute Gasteiger partial charge is 0.369 e. The number of hydrogen-bond donors (Lipinski definition) is 0. The van der Waals surface area contributed by atoms with Gasteiger partial charge in [-0.2, -0.15) is 0 Å². The molecule has 0 bridgehead atoms. The van der Waals surface area contributed by atoms with Gasteiger partial charge in [0, 0.05) is 31.2 Å². The highest BCUT2D eigenvalue weighted by Gasteiger charge is 2.36. The fourth-order valence-corrected chi connectivity index (χ4v) is 6.07. The Morgan fingerprint density at radius 1 is 0.931 bits per heavy atom. The van der Waals surface area contributed by atoms with E-state index < -0.39 is 9.84 Å². The van der Waals surface area contributed by atoms with Crippen LogP contribution in [0.4, 0.5) is 5.69 Å². The van der Waals surface area contributed by atoms with Crippen LogP contribution in [0.15, 0.2) is 70.6 Å². The average molecular weight is 408 g/mol. The monoisotopic (exact) mass is 407 g/mol. The molecule has 29 heavy (non-hydrogen) atoms. The summed E-state index contributed by atoms with van der Waals surface area (Å²) in [5.74, 6) is 1.43. The molecule has 2 atom stereocenters. The Bertz CT molecular complexity index is 1150. The van der Waals surface area contributed by atoms with Crippen molar-refractivity contribution in [1.29, 1.82) is 0 Å². The van der Waals surface area contributed by atoms with Gasteiger partial charge in [0.15, 0.2) is 0 Å². The van der Waals surface area contributed by atoms with Gasteiger partial charge in [-0.1, -0.05) is 30.3 Å². The predicted octanol–water partition coefficient (Wildman–Crippen LogP) is 3.46. The van der Waals surface area contributed by atoms with Crippen molar-refractivity contribution in [1.82, 2.24) is 9.88 Å². The number of fused-ring (bicyclic) bond motifs is 2. The van der Waals surface area contributed by atoms with E-state index in [9.17, 15) is 8.42 Å². The molecule has 2 aliphatic heterocycles. The third-order valence-electron chi connectivity index (χ3n) is 6.37. The minimum Gasteiger partial charge on any atom is -0.369 e. The van der Waals surface area contributed by atoms with Crippen molar-refractivity contribution in [2.45, 2.75) is 16.2 Å². The van der Waals surface area contributed by atoms with Crippen LogP contribution >= 0.6 is 0 Å². The summed E-state index contributed by atoms with van der Waals surface area (Å²) in [6.45, 7) is 4.42. The Hall–Kier alpha value is -2.44. The lowest BCUT2D eigenvalue weighted by atomic mass is 9.89. The molecule has 150 valence electrons. The number of rotatable bonds is 3. The highest BCUT2D eigenvalue weighted by molar-refractivity contribution is 7.91. The zero-order chi connectivity index (χ0) is 20.0. The number of sulfone groups is 1. The zero-order valence-corrected chi connectivity index (χ0v) is 17.3. The normalized spacial score (nSPS) is 22.7. The number of aromatic nitrogens is 1. The van der Waals surface area contributed by atoms with E-state index in [1.54, 1.807) is 30.3 Å². The summed E-state index contributed by atoms with van der Waals surface area (Å²) in [7, 11) is -1.37. The molecular weight excluding hydrogens is 382 g/mol. The highest BCUT2D eigenvalue weighted by Crippen LogP contribution is 2.36. The molecule has 0 N–H and O–H groups in total. The molecule has 0 aliphatic carbocycles. The Labute approximate surface area is 171 Å². The van der Waals surface area contributed by atoms with Crippen molar-refractivity contribution < 1.29 is 8.42 Å². The first-order valence-electron chi connectivity index (χ1n) is 10.1. The molecule has 6 heteroatoms. The molecule has 3 aromatic rings. The summed E-state index contributed by atoms with van der Waals surface area (Å²) in [6, 6.07) is 16.4. The topological polar surface area (TPSA) is 53.5 Å². The number of piperidine rings is 1. The molecule has 2 saturated heterocycles. The van der Waals surface area contributed by atoms with Gasteiger partial charge in [-0.15, -0.1) is 0 Å². The zero-order valence-electron chi connectivity index (χ0n) is 16.5. The molecule has 5 nitrogen and oxygen atoms in total. The number of benzene rings is 2. The minimum atomic E-state index is -3.57. The van der Waals surface area contributed by atoms with Crippen molar-refractivity contribution in [2.75, 3.05) is 38.1 Å². The van der Waals surface area contributed by atoms with Crippen LogP contribution in [0.3, 0.4) is 0 Å². The van der Waals surface area contributed by atoms with E-state index in [-0.39, 0.29) is 4.90 Å². The number of anilines is 1. The van der Waals surface area contributed by atoms with E-state index in [4.69, 9.17) is 0 Å². The van der Waals surface area contributed by atoms with Crippen molar-refractivity contribution in [3.8, 4) is 0 Å². The molecule has 2 aromatic carbocycles. The first-order valence-corrected chi connectivity index (χ1v) is 11.6. The van der Waals surface area contributed by atoms with Gasteiger partial charge in [0.2, 0.25) is 9.84 Å². The molecule has 2 aliphatic rings. The second-order valence-corrected chi connectivity index (χ2v) is 10.3. The Morgan fingerprint density at radius 2 is 1.72 bits per heavy atom. The Kier molecular flexibility index (Phi) is 4.56. The van der Waals surface area contributed by atoms with Gasteiger partial charge in [-0.3, -0.25) is 4.98 Å². The minimum absolute atomic E-state index is 0.241. The SMILES string of the molecule is CN1CCC2CN(c3cccc4cc(S(=O)(=O)c5ccccc5)cnc34)CC2C1. The number of nitrogens with zero attached hydrogens (tertiary/aromatic N) is 3. The third-order valence-corrected chi connectivity index (χ3v) is 8.11. The second kappa shape index (κ2) is 7.11. The van der Waals surface area contributed by atoms with Gasteiger partial charge in [-0.05, 0) is 56.1 Å². The maximum absolute atomic E-state index is 13.0. The highest BCUT2D eigenvalue weighted by atomic mass is 32.2. The van der Waals surface area contributed by atoms with Crippen LogP contribution in [0, 0.1) is 11.8 Å². The molecule has 2 fully saturated rings. The summed E-state index contributed by atoms with van der Waals surface area (Å²) in [6.07, 6.45) is 2.75. The standard InChI is InChI=1S/C23H25N3O2S/c1-25-11-10-18-15-26(16-19(18)14-25)22-9-5-6-17-12-21(13-24-23(17)22)29(27,28)20-7-3-2-4-8-20/h2-9,12-13,18-19H,10-11,14-16H2,1H3. The maximum Gasteiger partial charge on any atom is 0.208 e. The van der Waals surface area contributed by atoms with E-state index in [0.717, 1.165) is 42.1 Å². The lowest BCUT2D eigenvalue weighted by Crippen LogP contribution is -2.37. The van der Waals surface area contributed by atoms with E-state index in [1.165, 1.54) is 19.2 Å². The van der Waals surface area contributed by atoms with Crippen molar-refractivity contribution in [3.05, 3.63) is 60.8 Å². The van der Waals surface area contributed by atoms with Crippen molar-refractivity contribution >= 4 is 26.4 Å². The number of hydrogen-bond acceptors (Lipinski definition) is 5. The summed E-state index contributed by atoms with van der Waals surface area (Å²) < 4.78 is 25.9. The summed E-state index contributed by atoms with van der Waals surface area (Å²) in [5, 5.41) is 0.867. The van der Waals surface area contributed by atoms with Crippen LogP contribution in [0.2, 0.25) is 0 Å². The average Bonchev–Trinajstić information content (AvgIpc) is 3.16. The number of likely N-dealkylation sites (tertiary alicyclic amines) is 1. The van der Waals surface area contributed by atoms with Crippen LogP contribution in [0.1, 0.15) is 6.42 Å². The summed E-state index contributed by atoms with van der Waals surface area (Å²) >= 11 is 0. The van der Waals surface area contributed by atoms with E-state index in [2.05, 4.69) is 27.9 Å². The van der Waals surface area contributed by atoms with Crippen LogP contribution < -0.4 is 4.90 Å². The quantitative estimate of drug-likeness (QED) is 0.666.